The van der Waals surface area contributed by atoms with Crippen LogP contribution in [0.2, 0.25) is 0 Å². The van der Waals surface area contributed by atoms with Crippen molar-refractivity contribution in [2.24, 2.45) is 5.41 Å². The third-order valence-corrected chi connectivity index (χ3v) is 3.71. The maximum absolute atomic E-state index is 11.6. The van der Waals surface area contributed by atoms with Crippen molar-refractivity contribution in [3.8, 4) is 0 Å². The van der Waals surface area contributed by atoms with Crippen LogP contribution in [-0.4, -0.2) is 34.2 Å². The summed E-state index contributed by atoms with van der Waals surface area (Å²) in [5, 5.41) is 17.7. The third kappa shape index (κ3) is 9.05. The van der Waals surface area contributed by atoms with Gasteiger partial charge in [-0.25, -0.2) is 0 Å². The van der Waals surface area contributed by atoms with Gasteiger partial charge in [0.2, 0.25) is 0 Å². The van der Waals surface area contributed by atoms with E-state index >= 15 is 0 Å². The van der Waals surface area contributed by atoms with Gasteiger partial charge in [0.15, 0.2) is 0 Å². The Labute approximate surface area is 125 Å². The highest BCUT2D eigenvalue weighted by molar-refractivity contribution is 5.70. The van der Waals surface area contributed by atoms with Crippen molar-refractivity contribution >= 4 is 17.9 Å². The van der Waals surface area contributed by atoms with E-state index in [0.717, 1.165) is 0 Å². The number of esters is 1. The number of aliphatic carboxylic acids is 2. The number of carboxylic acids is 2. The highest BCUT2D eigenvalue weighted by Gasteiger charge is 2.30. The third-order valence-electron chi connectivity index (χ3n) is 3.71. The van der Waals surface area contributed by atoms with Crippen LogP contribution in [0.15, 0.2) is 0 Å². The SMILES string of the molecule is CCC(CCC(=O)O)(CCC(=O)O)CCC(=O)OC(C)C. The molecule has 6 heteroatoms. The zero-order valence-corrected chi connectivity index (χ0v) is 13.1. The van der Waals surface area contributed by atoms with Crippen LogP contribution in [0.5, 0.6) is 0 Å². The summed E-state index contributed by atoms with van der Waals surface area (Å²) in [5.41, 5.74) is -0.438. The molecular formula is C15H26O6. The van der Waals surface area contributed by atoms with Crippen LogP contribution in [0, 0.1) is 5.41 Å². The van der Waals surface area contributed by atoms with Gasteiger partial charge in [0.25, 0.3) is 0 Å². The van der Waals surface area contributed by atoms with E-state index in [0.29, 0.717) is 25.7 Å². The lowest BCUT2D eigenvalue weighted by atomic mass is 9.73. The quantitative estimate of drug-likeness (QED) is 0.569. The predicted molar refractivity (Wildman–Crippen MR) is 76.9 cm³/mol. The van der Waals surface area contributed by atoms with E-state index in [9.17, 15) is 14.4 Å². The van der Waals surface area contributed by atoms with Gasteiger partial charge < -0.3 is 14.9 Å². The van der Waals surface area contributed by atoms with Gasteiger partial charge >= 0.3 is 17.9 Å². The Morgan fingerprint density at radius 1 is 0.952 bits per heavy atom. The first-order valence-electron chi connectivity index (χ1n) is 7.34. The summed E-state index contributed by atoms with van der Waals surface area (Å²) in [5.74, 6) is -2.14. The smallest absolute Gasteiger partial charge is 0.306 e. The van der Waals surface area contributed by atoms with Crippen LogP contribution in [0.4, 0.5) is 0 Å². The molecule has 0 radical (unpaired) electrons. The second-order valence-corrected chi connectivity index (χ2v) is 5.68. The highest BCUT2D eigenvalue weighted by atomic mass is 16.5. The molecule has 0 aliphatic carbocycles. The van der Waals surface area contributed by atoms with Crippen LogP contribution in [0.3, 0.4) is 0 Å². The number of hydrogen-bond donors (Lipinski definition) is 2. The van der Waals surface area contributed by atoms with Crippen molar-refractivity contribution in [2.45, 2.75) is 71.8 Å². The van der Waals surface area contributed by atoms with Crippen molar-refractivity contribution in [1.82, 2.24) is 0 Å². The number of carboxylic acid groups (broad SMARTS) is 2. The zero-order valence-electron chi connectivity index (χ0n) is 13.1. The molecule has 0 rings (SSSR count). The van der Waals surface area contributed by atoms with E-state index < -0.39 is 17.4 Å². The van der Waals surface area contributed by atoms with Crippen LogP contribution in [0.25, 0.3) is 0 Å². The number of carbonyl (C=O) groups is 3. The summed E-state index contributed by atoms with van der Waals surface area (Å²) in [6.07, 6.45) is 1.80. The fraction of sp³-hybridized carbons (Fsp3) is 0.800. The monoisotopic (exact) mass is 302 g/mol. The molecular weight excluding hydrogens is 276 g/mol. The summed E-state index contributed by atoms with van der Waals surface area (Å²) in [6, 6.07) is 0. The molecule has 6 nitrogen and oxygen atoms in total. The van der Waals surface area contributed by atoms with Gasteiger partial charge in [0.1, 0.15) is 0 Å². The summed E-state index contributed by atoms with van der Waals surface area (Å²) in [6.45, 7) is 5.43. The van der Waals surface area contributed by atoms with Crippen molar-refractivity contribution in [2.75, 3.05) is 0 Å². The lowest BCUT2D eigenvalue weighted by molar-refractivity contribution is -0.148. The minimum atomic E-state index is -0.909. The molecule has 0 aliphatic rings. The summed E-state index contributed by atoms with van der Waals surface area (Å²) < 4.78 is 5.07. The first-order chi connectivity index (χ1) is 9.70. The molecule has 0 fully saturated rings. The average Bonchev–Trinajstić information content (AvgIpc) is 2.37. The molecule has 0 spiro atoms. The first-order valence-corrected chi connectivity index (χ1v) is 7.34. The standard InChI is InChI=1S/C15H26O6/c1-4-15(8-5-12(16)17,9-6-13(18)19)10-7-14(20)21-11(2)3/h11H,4-10H2,1-3H3,(H,16,17)(H,18,19). The van der Waals surface area contributed by atoms with Crippen LogP contribution in [-0.2, 0) is 19.1 Å². The Balaban J connectivity index is 4.70. The Morgan fingerprint density at radius 3 is 1.71 bits per heavy atom. The zero-order chi connectivity index (χ0) is 16.5. The molecule has 122 valence electrons. The second-order valence-electron chi connectivity index (χ2n) is 5.68. The fourth-order valence-corrected chi connectivity index (χ4v) is 2.34. The highest BCUT2D eigenvalue weighted by Crippen LogP contribution is 2.38. The molecule has 0 amide bonds. The lowest BCUT2D eigenvalue weighted by Crippen LogP contribution is -2.25. The van der Waals surface area contributed by atoms with Gasteiger partial charge in [-0.2, -0.15) is 0 Å². The molecule has 0 heterocycles. The van der Waals surface area contributed by atoms with Gasteiger partial charge in [-0.3, -0.25) is 14.4 Å². The summed E-state index contributed by atoms with van der Waals surface area (Å²) >= 11 is 0. The van der Waals surface area contributed by atoms with Gasteiger partial charge in [0.05, 0.1) is 6.10 Å². The van der Waals surface area contributed by atoms with E-state index in [1.54, 1.807) is 13.8 Å². The lowest BCUT2D eigenvalue weighted by Gasteiger charge is -2.32. The van der Waals surface area contributed by atoms with Crippen molar-refractivity contribution in [1.29, 1.82) is 0 Å². The molecule has 0 saturated carbocycles. The molecule has 21 heavy (non-hydrogen) atoms. The maximum Gasteiger partial charge on any atom is 0.306 e. The van der Waals surface area contributed by atoms with E-state index in [2.05, 4.69) is 0 Å². The Kier molecular flexibility index (Phi) is 8.66. The van der Waals surface area contributed by atoms with E-state index in [1.165, 1.54) is 0 Å². The van der Waals surface area contributed by atoms with Crippen LogP contribution in [0.1, 0.15) is 65.7 Å². The predicted octanol–water partition coefficient (Wildman–Crippen LogP) is 2.84. The summed E-state index contributed by atoms with van der Waals surface area (Å²) in [7, 11) is 0. The number of hydrogen-bond acceptors (Lipinski definition) is 4. The molecule has 0 aromatic carbocycles. The van der Waals surface area contributed by atoms with Crippen molar-refractivity contribution < 1.29 is 29.3 Å². The van der Waals surface area contributed by atoms with Crippen LogP contribution >= 0.6 is 0 Å². The molecule has 0 atom stereocenters. The molecule has 0 saturated heterocycles. The van der Waals surface area contributed by atoms with Gasteiger partial charge in [-0.15, -0.1) is 0 Å². The second kappa shape index (κ2) is 9.37. The Hall–Kier alpha value is -1.59. The van der Waals surface area contributed by atoms with Gasteiger partial charge in [-0.1, -0.05) is 13.3 Å². The largest absolute Gasteiger partial charge is 0.481 e. The Bertz CT molecular complexity index is 343. The average molecular weight is 302 g/mol. The van der Waals surface area contributed by atoms with E-state index in [1.807, 2.05) is 6.92 Å². The number of rotatable bonds is 11. The fourth-order valence-electron chi connectivity index (χ4n) is 2.34. The van der Waals surface area contributed by atoms with E-state index in [4.69, 9.17) is 14.9 Å². The molecule has 0 bridgehead atoms. The normalized spacial score (nSPS) is 11.4. The molecule has 0 aromatic rings. The minimum Gasteiger partial charge on any atom is -0.481 e. The van der Waals surface area contributed by atoms with Gasteiger partial charge in [0, 0.05) is 19.3 Å². The molecule has 0 aliphatic heterocycles. The van der Waals surface area contributed by atoms with Crippen molar-refractivity contribution in [3.05, 3.63) is 0 Å². The van der Waals surface area contributed by atoms with Gasteiger partial charge in [-0.05, 0) is 38.5 Å². The molecule has 2 N–H and O–H groups in total. The number of ether oxygens (including phenoxy) is 1. The topological polar surface area (TPSA) is 101 Å². The Morgan fingerprint density at radius 2 is 1.38 bits per heavy atom. The maximum atomic E-state index is 11.6. The van der Waals surface area contributed by atoms with E-state index in [-0.39, 0.29) is 31.3 Å². The molecule has 0 aromatic heterocycles. The van der Waals surface area contributed by atoms with Crippen LogP contribution < -0.4 is 0 Å². The number of carbonyl (C=O) groups excluding carboxylic acids is 1. The minimum absolute atomic E-state index is 0.0211. The van der Waals surface area contributed by atoms with Crippen molar-refractivity contribution in [3.63, 3.8) is 0 Å². The molecule has 0 unspecified atom stereocenters. The summed E-state index contributed by atoms with van der Waals surface area (Å²) in [4.78, 5) is 33.2. The first kappa shape index (κ1) is 19.4.